The highest BCUT2D eigenvalue weighted by Gasteiger charge is 2.01. The summed E-state index contributed by atoms with van der Waals surface area (Å²) in [5, 5.41) is 11.4. The second-order valence-corrected chi connectivity index (χ2v) is 4.75. The smallest absolute Gasteiger partial charge is 0.223 e. The Labute approximate surface area is 115 Å². The number of aliphatic hydroxyl groups is 1. The molecule has 1 rings (SSSR count). The van der Waals surface area contributed by atoms with Gasteiger partial charge >= 0.3 is 0 Å². The minimum absolute atomic E-state index is 0.0231. The molecule has 2 N–H and O–H groups in total. The van der Waals surface area contributed by atoms with E-state index in [2.05, 4.69) is 21.2 Å². The van der Waals surface area contributed by atoms with Crippen molar-refractivity contribution in [3.8, 4) is 5.75 Å². The Morgan fingerprint density at radius 3 is 2.67 bits per heavy atom. The van der Waals surface area contributed by atoms with Crippen molar-refractivity contribution in [3.05, 3.63) is 28.7 Å². The van der Waals surface area contributed by atoms with Crippen LogP contribution in [0.5, 0.6) is 5.75 Å². The van der Waals surface area contributed by atoms with Gasteiger partial charge in [0.1, 0.15) is 5.75 Å². The van der Waals surface area contributed by atoms with E-state index < -0.39 is 0 Å². The van der Waals surface area contributed by atoms with Gasteiger partial charge in [-0.3, -0.25) is 4.79 Å². The van der Waals surface area contributed by atoms with E-state index in [9.17, 15) is 4.79 Å². The van der Waals surface area contributed by atoms with Gasteiger partial charge in [-0.05, 0) is 37.1 Å². The number of nitrogens with one attached hydrogen (secondary N) is 1. The quantitative estimate of drug-likeness (QED) is 0.722. The monoisotopic (exact) mass is 315 g/mol. The number of halogens is 1. The van der Waals surface area contributed by atoms with Crippen molar-refractivity contribution in [2.75, 3.05) is 19.8 Å². The fraction of sp³-hybridized carbons (Fsp3) is 0.462. The van der Waals surface area contributed by atoms with Gasteiger partial charge in [0.2, 0.25) is 5.91 Å². The third kappa shape index (κ3) is 6.61. The van der Waals surface area contributed by atoms with Gasteiger partial charge in [0.15, 0.2) is 0 Å². The van der Waals surface area contributed by atoms with Crippen molar-refractivity contribution in [1.29, 1.82) is 0 Å². The highest BCUT2D eigenvalue weighted by molar-refractivity contribution is 9.10. The Hall–Kier alpha value is -1.07. The highest BCUT2D eigenvalue weighted by Crippen LogP contribution is 2.16. The molecule has 0 aromatic heterocycles. The molecule has 1 amide bonds. The zero-order chi connectivity index (χ0) is 13.2. The average Bonchev–Trinajstić information content (AvgIpc) is 2.37. The van der Waals surface area contributed by atoms with Crippen molar-refractivity contribution in [3.63, 3.8) is 0 Å². The topological polar surface area (TPSA) is 58.6 Å². The number of ether oxygens (including phenoxy) is 1. The van der Waals surface area contributed by atoms with Crippen molar-refractivity contribution >= 4 is 21.8 Å². The van der Waals surface area contributed by atoms with Gasteiger partial charge in [0.25, 0.3) is 0 Å². The lowest BCUT2D eigenvalue weighted by Crippen LogP contribution is -2.26. The summed E-state index contributed by atoms with van der Waals surface area (Å²) in [7, 11) is 0. The highest BCUT2D eigenvalue weighted by atomic mass is 79.9. The average molecular weight is 316 g/mol. The van der Waals surface area contributed by atoms with Gasteiger partial charge in [0, 0.05) is 17.6 Å². The number of hydrogen-bond acceptors (Lipinski definition) is 3. The molecule has 0 aliphatic heterocycles. The molecule has 100 valence electrons. The lowest BCUT2D eigenvalue weighted by molar-refractivity contribution is -0.121. The molecule has 0 radical (unpaired) electrons. The van der Waals surface area contributed by atoms with E-state index in [1.165, 1.54) is 0 Å². The van der Waals surface area contributed by atoms with Gasteiger partial charge in [-0.2, -0.15) is 0 Å². The zero-order valence-electron chi connectivity index (χ0n) is 10.2. The molecule has 0 heterocycles. The maximum Gasteiger partial charge on any atom is 0.223 e. The first-order valence-corrected chi connectivity index (χ1v) is 6.77. The molecule has 4 nitrogen and oxygen atoms in total. The second kappa shape index (κ2) is 8.94. The number of rotatable bonds is 8. The molecule has 5 heteroatoms. The van der Waals surface area contributed by atoms with Crippen molar-refractivity contribution in [1.82, 2.24) is 5.32 Å². The predicted octanol–water partition coefficient (Wildman–Crippen LogP) is 2.11. The maximum absolute atomic E-state index is 11.4. The molecular formula is C13H18BrNO3. The minimum Gasteiger partial charge on any atom is -0.493 e. The molecule has 18 heavy (non-hydrogen) atoms. The fourth-order valence-electron chi connectivity index (χ4n) is 1.35. The maximum atomic E-state index is 11.4. The van der Waals surface area contributed by atoms with E-state index in [4.69, 9.17) is 9.84 Å². The molecule has 0 saturated carbocycles. The van der Waals surface area contributed by atoms with Crippen LogP contribution in [0.2, 0.25) is 0 Å². The van der Waals surface area contributed by atoms with E-state index in [1.807, 2.05) is 24.3 Å². The summed E-state index contributed by atoms with van der Waals surface area (Å²) in [5.74, 6) is 0.733. The van der Waals surface area contributed by atoms with E-state index in [-0.39, 0.29) is 12.5 Å². The van der Waals surface area contributed by atoms with E-state index in [0.29, 0.717) is 19.6 Å². The molecule has 1 aromatic rings. The summed E-state index contributed by atoms with van der Waals surface area (Å²) in [6.07, 6.45) is 1.86. The predicted molar refractivity (Wildman–Crippen MR) is 73.6 cm³/mol. The molecule has 0 unspecified atom stereocenters. The summed E-state index contributed by atoms with van der Waals surface area (Å²) >= 11 is 3.34. The van der Waals surface area contributed by atoms with Crippen LogP contribution in [-0.4, -0.2) is 30.8 Å². The van der Waals surface area contributed by atoms with Gasteiger partial charge in [-0.25, -0.2) is 0 Å². The lowest BCUT2D eigenvalue weighted by atomic mass is 10.3. The minimum atomic E-state index is -0.0231. The molecule has 0 aliphatic carbocycles. The molecule has 0 spiro atoms. The third-order valence-corrected chi connectivity index (χ3v) is 2.85. The van der Waals surface area contributed by atoms with Crippen LogP contribution >= 0.6 is 15.9 Å². The number of aliphatic hydroxyl groups excluding tert-OH is 1. The van der Waals surface area contributed by atoms with Gasteiger partial charge in [-0.15, -0.1) is 0 Å². The molecule has 0 bridgehead atoms. The number of unbranched alkanes of at least 4 members (excludes halogenated alkanes) is 1. The molecule has 0 aliphatic rings. The Morgan fingerprint density at radius 2 is 2.00 bits per heavy atom. The molecule has 0 saturated heterocycles. The van der Waals surface area contributed by atoms with Crippen LogP contribution in [0.15, 0.2) is 28.7 Å². The number of hydrogen-bond donors (Lipinski definition) is 2. The van der Waals surface area contributed by atoms with Crippen LogP contribution in [0.3, 0.4) is 0 Å². The Balaban J connectivity index is 2.10. The summed E-state index contributed by atoms with van der Waals surface area (Å²) in [4.78, 5) is 11.4. The van der Waals surface area contributed by atoms with Crippen LogP contribution < -0.4 is 10.1 Å². The molecule has 1 aromatic carbocycles. The zero-order valence-corrected chi connectivity index (χ0v) is 11.8. The second-order valence-electron chi connectivity index (χ2n) is 3.83. The first kappa shape index (κ1) is 15.0. The number of carbonyl (C=O) groups is 1. The van der Waals surface area contributed by atoms with E-state index in [1.54, 1.807) is 0 Å². The number of benzene rings is 1. The molecule has 0 fully saturated rings. The van der Waals surface area contributed by atoms with Crippen molar-refractivity contribution in [2.45, 2.75) is 19.3 Å². The SMILES string of the molecule is O=C(CCOc1ccc(Br)cc1)NCCCCO. The molecule has 0 atom stereocenters. The first-order chi connectivity index (χ1) is 8.72. The van der Waals surface area contributed by atoms with Crippen molar-refractivity contribution < 1.29 is 14.6 Å². The van der Waals surface area contributed by atoms with Gasteiger partial charge in [0.05, 0.1) is 13.0 Å². The summed E-state index contributed by atoms with van der Waals surface area (Å²) in [6, 6.07) is 7.49. The summed E-state index contributed by atoms with van der Waals surface area (Å²) in [5.41, 5.74) is 0. The summed E-state index contributed by atoms with van der Waals surface area (Å²) in [6.45, 7) is 1.15. The van der Waals surface area contributed by atoms with E-state index >= 15 is 0 Å². The lowest BCUT2D eigenvalue weighted by Gasteiger charge is -2.07. The van der Waals surface area contributed by atoms with Crippen LogP contribution in [0.1, 0.15) is 19.3 Å². The van der Waals surface area contributed by atoms with Crippen LogP contribution in [0.25, 0.3) is 0 Å². The Kier molecular flexibility index (Phi) is 7.44. The largest absolute Gasteiger partial charge is 0.493 e. The van der Waals surface area contributed by atoms with Gasteiger partial charge < -0.3 is 15.2 Å². The van der Waals surface area contributed by atoms with Crippen LogP contribution in [-0.2, 0) is 4.79 Å². The Morgan fingerprint density at radius 1 is 1.28 bits per heavy atom. The van der Waals surface area contributed by atoms with Crippen LogP contribution in [0, 0.1) is 0 Å². The normalized spacial score (nSPS) is 10.1. The van der Waals surface area contributed by atoms with E-state index in [0.717, 1.165) is 23.1 Å². The number of amides is 1. The summed E-state index contributed by atoms with van der Waals surface area (Å²) < 4.78 is 6.43. The fourth-order valence-corrected chi connectivity index (χ4v) is 1.61. The Bertz CT molecular complexity index is 354. The standard InChI is InChI=1S/C13H18BrNO3/c14-11-3-5-12(6-4-11)18-10-7-13(17)15-8-1-2-9-16/h3-6,16H,1-2,7-10H2,(H,15,17). The van der Waals surface area contributed by atoms with Crippen LogP contribution in [0.4, 0.5) is 0 Å². The first-order valence-electron chi connectivity index (χ1n) is 5.98. The van der Waals surface area contributed by atoms with Gasteiger partial charge in [-0.1, -0.05) is 15.9 Å². The van der Waals surface area contributed by atoms with Crippen molar-refractivity contribution in [2.24, 2.45) is 0 Å². The third-order valence-electron chi connectivity index (χ3n) is 2.32. The molecular weight excluding hydrogens is 298 g/mol. The number of carbonyl (C=O) groups excluding carboxylic acids is 1.